The highest BCUT2D eigenvalue weighted by Gasteiger charge is 2.11. The SMILES string of the molecule is Cc1cccc(Nc2nnc(SCc3csc(CC(=O)Nc4ccccc4C)n3)s2)c1. The second kappa shape index (κ2) is 10.0. The summed E-state index contributed by atoms with van der Waals surface area (Å²) in [6.07, 6.45) is 0.271. The van der Waals surface area contributed by atoms with E-state index in [4.69, 9.17) is 0 Å². The van der Waals surface area contributed by atoms with E-state index in [9.17, 15) is 4.79 Å². The Bertz CT molecular complexity index is 1190. The fourth-order valence-electron chi connectivity index (χ4n) is 2.84. The van der Waals surface area contributed by atoms with Crippen molar-refractivity contribution in [1.82, 2.24) is 15.2 Å². The molecule has 158 valence electrons. The lowest BCUT2D eigenvalue weighted by atomic mass is 10.2. The van der Waals surface area contributed by atoms with Gasteiger partial charge in [-0.25, -0.2) is 4.98 Å². The van der Waals surface area contributed by atoms with Gasteiger partial charge in [-0.3, -0.25) is 4.79 Å². The van der Waals surface area contributed by atoms with Gasteiger partial charge in [0.05, 0.1) is 12.1 Å². The number of anilines is 3. The molecule has 0 aliphatic rings. The standard InChI is InChI=1S/C22H21N5OS3/c1-14-6-5-8-16(10-14)24-21-26-27-22(31-21)30-13-17-12-29-20(23-17)11-19(28)25-18-9-4-3-7-15(18)2/h3-10,12H,11,13H2,1-2H3,(H,24,26)(H,25,28). The molecule has 6 nitrogen and oxygen atoms in total. The van der Waals surface area contributed by atoms with Crippen molar-refractivity contribution in [1.29, 1.82) is 0 Å². The van der Waals surface area contributed by atoms with Crippen molar-refractivity contribution < 1.29 is 4.79 Å². The number of amides is 1. The maximum Gasteiger partial charge on any atom is 0.231 e. The van der Waals surface area contributed by atoms with Crippen molar-refractivity contribution in [3.8, 4) is 0 Å². The second-order valence-corrected chi connectivity index (χ2v) is 10.1. The van der Waals surface area contributed by atoms with Gasteiger partial charge < -0.3 is 10.6 Å². The number of hydrogen-bond donors (Lipinski definition) is 2. The number of aryl methyl sites for hydroxylation is 2. The Kier molecular flexibility index (Phi) is 6.96. The van der Waals surface area contributed by atoms with Gasteiger partial charge in [0.2, 0.25) is 11.0 Å². The Hall–Kier alpha value is -2.75. The molecule has 0 radical (unpaired) electrons. The first kappa shape index (κ1) is 21.5. The minimum Gasteiger partial charge on any atom is -0.330 e. The molecule has 0 fully saturated rings. The largest absolute Gasteiger partial charge is 0.330 e. The molecular formula is C22H21N5OS3. The van der Waals surface area contributed by atoms with Crippen LogP contribution in [0.4, 0.5) is 16.5 Å². The third-order valence-electron chi connectivity index (χ3n) is 4.35. The molecule has 0 unspecified atom stereocenters. The molecule has 0 atom stereocenters. The molecule has 31 heavy (non-hydrogen) atoms. The molecule has 2 heterocycles. The zero-order valence-electron chi connectivity index (χ0n) is 17.1. The zero-order valence-corrected chi connectivity index (χ0v) is 19.5. The van der Waals surface area contributed by atoms with E-state index < -0.39 is 0 Å². The van der Waals surface area contributed by atoms with Crippen LogP contribution in [-0.2, 0) is 17.0 Å². The van der Waals surface area contributed by atoms with E-state index in [0.29, 0.717) is 5.75 Å². The van der Waals surface area contributed by atoms with E-state index in [1.54, 1.807) is 11.8 Å². The van der Waals surface area contributed by atoms with E-state index in [0.717, 1.165) is 37.1 Å². The van der Waals surface area contributed by atoms with Crippen molar-refractivity contribution in [2.24, 2.45) is 0 Å². The van der Waals surface area contributed by atoms with Crippen molar-refractivity contribution in [3.63, 3.8) is 0 Å². The highest BCUT2D eigenvalue weighted by atomic mass is 32.2. The average Bonchev–Trinajstić information content (AvgIpc) is 3.37. The Morgan fingerprint density at radius 1 is 1.10 bits per heavy atom. The van der Waals surface area contributed by atoms with Crippen LogP contribution in [0, 0.1) is 13.8 Å². The van der Waals surface area contributed by atoms with Gasteiger partial charge in [0.15, 0.2) is 4.34 Å². The van der Waals surface area contributed by atoms with Crippen LogP contribution < -0.4 is 10.6 Å². The van der Waals surface area contributed by atoms with E-state index in [2.05, 4.69) is 44.9 Å². The molecule has 1 amide bonds. The fourth-order valence-corrected chi connectivity index (χ4v) is 5.40. The van der Waals surface area contributed by atoms with Crippen LogP contribution >= 0.6 is 34.4 Å². The fraction of sp³-hybridized carbons (Fsp3) is 0.182. The van der Waals surface area contributed by atoms with Crippen LogP contribution in [-0.4, -0.2) is 21.1 Å². The van der Waals surface area contributed by atoms with E-state index in [-0.39, 0.29) is 12.3 Å². The summed E-state index contributed by atoms with van der Waals surface area (Å²) in [6.45, 7) is 4.03. The highest BCUT2D eigenvalue weighted by molar-refractivity contribution is 8.00. The minimum absolute atomic E-state index is 0.0566. The van der Waals surface area contributed by atoms with Crippen LogP contribution in [0.1, 0.15) is 21.8 Å². The number of benzene rings is 2. The molecule has 0 spiro atoms. The predicted molar refractivity (Wildman–Crippen MR) is 130 cm³/mol. The van der Waals surface area contributed by atoms with E-state index in [1.807, 2.05) is 48.7 Å². The van der Waals surface area contributed by atoms with Crippen LogP contribution in [0.25, 0.3) is 0 Å². The molecule has 2 aromatic heterocycles. The van der Waals surface area contributed by atoms with Crippen molar-refractivity contribution in [2.45, 2.75) is 30.4 Å². The van der Waals surface area contributed by atoms with Gasteiger partial charge in [-0.2, -0.15) is 0 Å². The Labute approximate surface area is 193 Å². The number of rotatable bonds is 8. The van der Waals surface area contributed by atoms with Gasteiger partial charge in [-0.1, -0.05) is 53.4 Å². The number of thiazole rings is 1. The normalized spacial score (nSPS) is 10.8. The van der Waals surface area contributed by atoms with E-state index in [1.165, 1.54) is 28.2 Å². The number of thioether (sulfide) groups is 1. The van der Waals surface area contributed by atoms with Crippen LogP contribution in [0.2, 0.25) is 0 Å². The minimum atomic E-state index is -0.0566. The maximum atomic E-state index is 12.3. The monoisotopic (exact) mass is 467 g/mol. The quantitative estimate of drug-likeness (QED) is 0.318. The molecule has 0 bridgehead atoms. The molecule has 4 aromatic rings. The molecule has 2 N–H and O–H groups in total. The van der Waals surface area contributed by atoms with Gasteiger partial charge >= 0.3 is 0 Å². The molecule has 0 aliphatic carbocycles. The van der Waals surface area contributed by atoms with Crippen LogP contribution in [0.3, 0.4) is 0 Å². The Balaban J connectivity index is 1.28. The highest BCUT2D eigenvalue weighted by Crippen LogP contribution is 2.30. The van der Waals surface area contributed by atoms with Crippen molar-refractivity contribution >= 4 is 56.8 Å². The molecule has 4 rings (SSSR count). The summed E-state index contributed by atoms with van der Waals surface area (Å²) in [6, 6.07) is 15.9. The number of para-hydroxylation sites is 1. The number of nitrogens with zero attached hydrogens (tertiary/aromatic N) is 3. The van der Waals surface area contributed by atoms with Gasteiger partial charge in [-0.05, 0) is 43.2 Å². The Morgan fingerprint density at radius 3 is 2.81 bits per heavy atom. The molecule has 0 aliphatic heterocycles. The van der Waals surface area contributed by atoms with Crippen LogP contribution in [0.5, 0.6) is 0 Å². The van der Waals surface area contributed by atoms with Gasteiger partial charge in [0.1, 0.15) is 5.01 Å². The lowest BCUT2D eigenvalue weighted by molar-refractivity contribution is -0.115. The lowest BCUT2D eigenvalue weighted by Gasteiger charge is -2.06. The van der Waals surface area contributed by atoms with Gasteiger partial charge in [0, 0.05) is 22.5 Å². The average molecular weight is 468 g/mol. The lowest BCUT2D eigenvalue weighted by Crippen LogP contribution is -2.15. The first-order valence-electron chi connectivity index (χ1n) is 9.64. The first-order valence-corrected chi connectivity index (χ1v) is 12.3. The van der Waals surface area contributed by atoms with Gasteiger partial charge in [-0.15, -0.1) is 21.5 Å². The summed E-state index contributed by atoms with van der Waals surface area (Å²) in [5, 5.41) is 18.3. The summed E-state index contributed by atoms with van der Waals surface area (Å²) in [5.41, 5.74) is 5.01. The van der Waals surface area contributed by atoms with E-state index >= 15 is 0 Å². The molecule has 2 aromatic carbocycles. The Morgan fingerprint density at radius 2 is 1.97 bits per heavy atom. The third-order valence-corrected chi connectivity index (χ3v) is 7.25. The summed E-state index contributed by atoms with van der Waals surface area (Å²) in [7, 11) is 0. The number of hydrogen-bond acceptors (Lipinski definition) is 8. The van der Waals surface area contributed by atoms with Crippen molar-refractivity contribution in [2.75, 3.05) is 10.6 Å². The first-order chi connectivity index (χ1) is 15.0. The number of nitrogens with one attached hydrogen (secondary N) is 2. The topological polar surface area (TPSA) is 79.8 Å². The summed E-state index contributed by atoms with van der Waals surface area (Å²) in [5.74, 6) is 0.633. The molecule has 9 heteroatoms. The van der Waals surface area contributed by atoms with Crippen LogP contribution in [0.15, 0.2) is 58.3 Å². The van der Waals surface area contributed by atoms with Gasteiger partial charge in [0.25, 0.3) is 0 Å². The summed E-state index contributed by atoms with van der Waals surface area (Å²) >= 11 is 4.61. The smallest absolute Gasteiger partial charge is 0.231 e. The number of carbonyl (C=O) groups excluding carboxylic acids is 1. The number of carbonyl (C=O) groups is 1. The predicted octanol–water partition coefficient (Wildman–Crippen LogP) is 5.83. The summed E-state index contributed by atoms with van der Waals surface area (Å²) < 4.78 is 0.877. The zero-order chi connectivity index (χ0) is 21.6. The molecular weight excluding hydrogens is 446 g/mol. The summed E-state index contributed by atoms with van der Waals surface area (Å²) in [4.78, 5) is 16.9. The number of aromatic nitrogens is 3. The second-order valence-electron chi connectivity index (χ2n) is 6.93. The van der Waals surface area contributed by atoms with Crippen molar-refractivity contribution in [3.05, 3.63) is 75.7 Å². The maximum absolute atomic E-state index is 12.3. The molecule has 0 saturated heterocycles. The third kappa shape index (κ3) is 6.13. The molecule has 0 saturated carbocycles.